The Morgan fingerprint density at radius 2 is 2.64 bits per heavy atom. The van der Waals surface area contributed by atoms with Crippen LogP contribution in [0, 0.1) is 0 Å². The van der Waals surface area contributed by atoms with Crippen molar-refractivity contribution < 1.29 is 4.48 Å². The van der Waals surface area contributed by atoms with Gasteiger partial charge in [0.15, 0.2) is 6.34 Å². The maximum absolute atomic E-state index is 5.85. The van der Waals surface area contributed by atoms with Gasteiger partial charge in [0.1, 0.15) is 19.3 Å². The molecule has 0 fully saturated rings. The van der Waals surface area contributed by atoms with Crippen molar-refractivity contribution in [2.75, 3.05) is 19.6 Å². The first-order chi connectivity index (χ1) is 5.21. The fourth-order valence-electron chi connectivity index (χ4n) is 1.38. The summed E-state index contributed by atoms with van der Waals surface area (Å²) in [5.41, 5.74) is 5.85. The van der Waals surface area contributed by atoms with Crippen LogP contribution in [0.4, 0.5) is 0 Å². The summed E-state index contributed by atoms with van der Waals surface area (Å²) in [4.78, 5) is 4.20. The maximum atomic E-state index is 5.85. The second-order valence-electron chi connectivity index (χ2n) is 3.06. The Labute approximate surface area is 67.8 Å². The van der Waals surface area contributed by atoms with Gasteiger partial charge in [-0.1, -0.05) is 6.58 Å². The lowest BCUT2D eigenvalue weighted by atomic mass is 10.3. The Kier molecular flexibility index (Phi) is 2.42. The Morgan fingerprint density at radius 3 is 3.00 bits per heavy atom. The average molecular weight is 154 g/mol. The van der Waals surface area contributed by atoms with Gasteiger partial charge in [-0.15, -0.1) is 0 Å². The van der Waals surface area contributed by atoms with Crippen LogP contribution in [0.2, 0.25) is 0 Å². The molecule has 3 heteroatoms. The van der Waals surface area contributed by atoms with E-state index >= 15 is 0 Å². The molecule has 2 atom stereocenters. The number of rotatable bonds is 3. The Bertz CT molecular complexity index is 174. The van der Waals surface area contributed by atoms with Crippen LogP contribution in [-0.2, 0) is 0 Å². The molecule has 2 N–H and O–H groups in total. The van der Waals surface area contributed by atoms with Crippen LogP contribution in [0.1, 0.15) is 6.92 Å². The van der Waals surface area contributed by atoms with E-state index in [2.05, 4.69) is 11.6 Å². The van der Waals surface area contributed by atoms with Crippen molar-refractivity contribution >= 4 is 6.34 Å². The highest BCUT2D eigenvalue weighted by atomic mass is 15.4. The highest BCUT2D eigenvalue weighted by Gasteiger charge is 2.31. The van der Waals surface area contributed by atoms with E-state index in [-0.39, 0.29) is 6.17 Å². The standard InChI is InChI=1S/C8H16N3/c1-3-5-11(8(2)9)6-4-10-7-11/h3,7-8H,1,4-6,9H2,2H3/q+1. The SMILES string of the molecule is C=CC[N+]1(C(C)N)C=NCC1. The Hall–Kier alpha value is -0.670. The van der Waals surface area contributed by atoms with Crippen molar-refractivity contribution in [3.05, 3.63) is 12.7 Å². The van der Waals surface area contributed by atoms with Crippen molar-refractivity contribution in [1.29, 1.82) is 0 Å². The predicted molar refractivity (Wildman–Crippen MR) is 47.2 cm³/mol. The lowest BCUT2D eigenvalue weighted by molar-refractivity contribution is -0.846. The van der Waals surface area contributed by atoms with Gasteiger partial charge in [0, 0.05) is 6.92 Å². The van der Waals surface area contributed by atoms with E-state index in [9.17, 15) is 0 Å². The minimum atomic E-state index is 0.124. The van der Waals surface area contributed by atoms with Crippen LogP contribution in [0.15, 0.2) is 17.6 Å². The minimum absolute atomic E-state index is 0.124. The van der Waals surface area contributed by atoms with Crippen LogP contribution >= 0.6 is 0 Å². The van der Waals surface area contributed by atoms with Crippen molar-refractivity contribution in [1.82, 2.24) is 0 Å². The summed E-state index contributed by atoms with van der Waals surface area (Å²) in [5, 5.41) is 0. The molecule has 1 heterocycles. The van der Waals surface area contributed by atoms with Gasteiger partial charge in [-0.25, -0.2) is 4.99 Å². The first-order valence-electron chi connectivity index (χ1n) is 3.95. The molecule has 0 aromatic carbocycles. The van der Waals surface area contributed by atoms with Crippen molar-refractivity contribution in [3.8, 4) is 0 Å². The molecule has 0 saturated heterocycles. The number of hydrogen-bond donors (Lipinski definition) is 1. The lowest BCUT2D eigenvalue weighted by Crippen LogP contribution is -2.56. The molecule has 11 heavy (non-hydrogen) atoms. The van der Waals surface area contributed by atoms with Crippen LogP contribution in [-0.4, -0.2) is 36.6 Å². The zero-order chi connectivity index (χ0) is 8.32. The zero-order valence-corrected chi connectivity index (χ0v) is 7.03. The first-order valence-corrected chi connectivity index (χ1v) is 3.95. The van der Waals surface area contributed by atoms with Crippen molar-refractivity contribution in [3.63, 3.8) is 0 Å². The molecule has 2 unspecified atom stereocenters. The van der Waals surface area contributed by atoms with Gasteiger partial charge in [-0.05, 0) is 6.08 Å². The normalized spacial score (nSPS) is 32.2. The summed E-state index contributed by atoms with van der Waals surface area (Å²) in [6, 6.07) is 0. The summed E-state index contributed by atoms with van der Waals surface area (Å²) >= 11 is 0. The van der Waals surface area contributed by atoms with Gasteiger partial charge >= 0.3 is 0 Å². The topological polar surface area (TPSA) is 38.4 Å². The molecule has 0 aliphatic carbocycles. The van der Waals surface area contributed by atoms with Crippen LogP contribution in [0.25, 0.3) is 0 Å². The highest BCUT2D eigenvalue weighted by molar-refractivity contribution is 5.48. The summed E-state index contributed by atoms with van der Waals surface area (Å²) < 4.78 is 0.767. The van der Waals surface area contributed by atoms with E-state index in [0.29, 0.717) is 0 Å². The third-order valence-electron chi connectivity index (χ3n) is 2.24. The van der Waals surface area contributed by atoms with Crippen molar-refractivity contribution in [2.24, 2.45) is 10.7 Å². The van der Waals surface area contributed by atoms with E-state index in [4.69, 9.17) is 5.73 Å². The van der Waals surface area contributed by atoms with E-state index in [1.165, 1.54) is 0 Å². The maximum Gasteiger partial charge on any atom is 0.187 e. The fraction of sp³-hybridized carbons (Fsp3) is 0.625. The number of quaternary nitrogens is 1. The third-order valence-corrected chi connectivity index (χ3v) is 2.24. The van der Waals surface area contributed by atoms with Gasteiger partial charge < -0.3 is 0 Å². The second-order valence-corrected chi connectivity index (χ2v) is 3.06. The number of nitrogens with zero attached hydrogens (tertiary/aromatic N) is 2. The minimum Gasteiger partial charge on any atom is -0.281 e. The predicted octanol–water partition coefficient (Wildman–Crippen LogP) is 0.336. The molecule has 0 spiro atoms. The number of nitrogens with two attached hydrogens (primary N) is 1. The Morgan fingerprint density at radius 1 is 1.91 bits per heavy atom. The van der Waals surface area contributed by atoms with E-state index < -0.39 is 0 Å². The monoisotopic (exact) mass is 154 g/mol. The molecular formula is C8H16N3+. The Balaban J connectivity index is 2.70. The average Bonchev–Trinajstić information content (AvgIpc) is 2.38. The first kappa shape index (κ1) is 8.43. The fourth-order valence-corrected chi connectivity index (χ4v) is 1.38. The van der Waals surface area contributed by atoms with Crippen LogP contribution in [0.5, 0.6) is 0 Å². The lowest BCUT2D eigenvalue weighted by Gasteiger charge is -2.32. The molecule has 1 aliphatic heterocycles. The molecule has 1 aliphatic rings. The molecule has 3 nitrogen and oxygen atoms in total. The van der Waals surface area contributed by atoms with Gasteiger partial charge in [0.2, 0.25) is 0 Å². The largest absolute Gasteiger partial charge is 0.281 e. The van der Waals surface area contributed by atoms with E-state index in [0.717, 1.165) is 24.1 Å². The van der Waals surface area contributed by atoms with Crippen LogP contribution < -0.4 is 5.73 Å². The number of hydrogen-bond acceptors (Lipinski definition) is 2. The highest BCUT2D eigenvalue weighted by Crippen LogP contribution is 2.11. The smallest absolute Gasteiger partial charge is 0.187 e. The van der Waals surface area contributed by atoms with E-state index in [1.54, 1.807) is 0 Å². The summed E-state index contributed by atoms with van der Waals surface area (Å²) in [6.45, 7) is 8.54. The van der Waals surface area contributed by atoms with Gasteiger partial charge in [-0.3, -0.25) is 10.2 Å². The van der Waals surface area contributed by atoms with E-state index in [1.807, 2.05) is 19.3 Å². The molecule has 0 saturated carbocycles. The van der Waals surface area contributed by atoms with Gasteiger partial charge in [0.05, 0.1) is 6.54 Å². The van der Waals surface area contributed by atoms with Gasteiger partial charge in [0.25, 0.3) is 0 Å². The van der Waals surface area contributed by atoms with Gasteiger partial charge in [-0.2, -0.15) is 0 Å². The quantitative estimate of drug-likeness (QED) is 0.462. The third kappa shape index (κ3) is 1.49. The molecule has 0 bridgehead atoms. The molecule has 1 rings (SSSR count). The summed E-state index contributed by atoms with van der Waals surface area (Å²) in [6.07, 6.45) is 3.98. The molecular weight excluding hydrogens is 138 g/mol. The molecule has 62 valence electrons. The van der Waals surface area contributed by atoms with Crippen molar-refractivity contribution in [2.45, 2.75) is 13.1 Å². The summed E-state index contributed by atoms with van der Waals surface area (Å²) in [5.74, 6) is 0. The molecule has 0 aromatic rings. The van der Waals surface area contributed by atoms with Crippen LogP contribution in [0.3, 0.4) is 0 Å². The molecule has 0 aromatic heterocycles. The number of aliphatic imine (C=N–C) groups is 1. The summed E-state index contributed by atoms with van der Waals surface area (Å²) in [7, 11) is 0. The molecule has 0 amide bonds. The zero-order valence-electron chi connectivity index (χ0n) is 7.03. The molecule has 0 radical (unpaired) electrons. The second kappa shape index (κ2) is 3.15.